The molecule has 8 nitrogen and oxygen atoms in total. The van der Waals surface area contributed by atoms with E-state index in [0.29, 0.717) is 28.6 Å². The highest BCUT2D eigenvalue weighted by atomic mass is 35.5. The second kappa shape index (κ2) is 8.94. The van der Waals surface area contributed by atoms with Crippen molar-refractivity contribution in [3.05, 3.63) is 66.3 Å². The number of aromatic nitrogens is 2. The zero-order valence-electron chi connectivity index (χ0n) is 15.5. The molecule has 9 heteroatoms. The van der Waals surface area contributed by atoms with Gasteiger partial charge in [-0.05, 0) is 30.3 Å². The lowest BCUT2D eigenvalue weighted by Gasteiger charge is -2.12. The first-order valence-corrected chi connectivity index (χ1v) is 8.80. The summed E-state index contributed by atoms with van der Waals surface area (Å²) in [6.45, 7) is 3.42. The number of carbonyl (C=O) groups excluding carboxylic acids is 1. The van der Waals surface area contributed by atoms with Crippen LogP contribution in [0.4, 0.5) is 23.0 Å². The fourth-order valence-corrected chi connectivity index (χ4v) is 2.49. The van der Waals surface area contributed by atoms with Crippen LogP contribution >= 0.6 is 11.6 Å². The van der Waals surface area contributed by atoms with E-state index >= 15 is 0 Å². The topological polar surface area (TPSA) is 111 Å². The van der Waals surface area contributed by atoms with Crippen molar-refractivity contribution in [2.75, 3.05) is 23.5 Å². The number of nitrogen functional groups attached to an aromatic ring is 1. The first-order chi connectivity index (χ1) is 14.0. The lowest BCUT2D eigenvalue weighted by Crippen LogP contribution is -2.07. The number of hydrogen-bond donors (Lipinski definition) is 3. The van der Waals surface area contributed by atoms with Crippen molar-refractivity contribution in [2.45, 2.75) is 0 Å². The Bertz CT molecular complexity index is 1060. The Labute approximate surface area is 172 Å². The second-order valence-corrected chi connectivity index (χ2v) is 6.16. The SMILES string of the molecule is C=CC(=O)Nc1cccc(Oc2nc(Nc3ccc(N)cc3OC)ncc2Cl)c1. The average molecular weight is 412 g/mol. The molecule has 0 aliphatic carbocycles. The molecule has 1 heterocycles. The molecule has 0 aliphatic heterocycles. The Balaban J connectivity index is 1.82. The predicted octanol–water partition coefficient (Wildman–Crippen LogP) is 4.38. The van der Waals surface area contributed by atoms with Crippen LogP contribution in [0, 0.1) is 0 Å². The van der Waals surface area contributed by atoms with E-state index in [9.17, 15) is 4.79 Å². The van der Waals surface area contributed by atoms with Gasteiger partial charge in [-0.2, -0.15) is 4.98 Å². The Hall–Kier alpha value is -3.78. The van der Waals surface area contributed by atoms with Gasteiger partial charge in [0, 0.05) is 23.5 Å². The largest absolute Gasteiger partial charge is 0.494 e. The molecule has 0 unspecified atom stereocenters. The van der Waals surface area contributed by atoms with Crippen LogP contribution < -0.4 is 25.8 Å². The van der Waals surface area contributed by atoms with Crippen molar-refractivity contribution in [3.63, 3.8) is 0 Å². The van der Waals surface area contributed by atoms with Crippen LogP contribution in [-0.4, -0.2) is 23.0 Å². The maximum atomic E-state index is 11.5. The number of halogens is 1. The number of carbonyl (C=O) groups is 1. The number of anilines is 4. The highest BCUT2D eigenvalue weighted by Crippen LogP contribution is 2.32. The number of nitrogens with zero attached hydrogens (tertiary/aromatic N) is 2. The van der Waals surface area contributed by atoms with Gasteiger partial charge >= 0.3 is 0 Å². The van der Waals surface area contributed by atoms with Crippen molar-refractivity contribution < 1.29 is 14.3 Å². The van der Waals surface area contributed by atoms with Crippen LogP contribution in [0.3, 0.4) is 0 Å². The Kier molecular flexibility index (Phi) is 6.16. The normalized spacial score (nSPS) is 10.1. The molecule has 1 aromatic heterocycles. The molecule has 0 saturated carbocycles. The van der Waals surface area contributed by atoms with Gasteiger partial charge in [-0.25, -0.2) is 4.98 Å². The van der Waals surface area contributed by atoms with Crippen LogP contribution in [0.15, 0.2) is 61.3 Å². The van der Waals surface area contributed by atoms with Gasteiger partial charge in [-0.15, -0.1) is 0 Å². The zero-order valence-corrected chi connectivity index (χ0v) is 16.2. The summed E-state index contributed by atoms with van der Waals surface area (Å²) >= 11 is 6.17. The molecule has 148 valence electrons. The number of ether oxygens (including phenoxy) is 2. The van der Waals surface area contributed by atoms with Crippen molar-refractivity contribution >= 4 is 40.5 Å². The van der Waals surface area contributed by atoms with E-state index in [1.165, 1.54) is 19.4 Å². The van der Waals surface area contributed by atoms with E-state index in [4.69, 9.17) is 26.8 Å². The van der Waals surface area contributed by atoms with Crippen LogP contribution in [0.5, 0.6) is 17.4 Å². The number of methoxy groups -OCH3 is 1. The number of amides is 1. The molecule has 0 saturated heterocycles. The number of nitrogens with one attached hydrogen (secondary N) is 2. The minimum atomic E-state index is -0.328. The standard InChI is InChI=1S/C20H18ClN5O3/c1-3-18(27)24-13-5-4-6-14(10-13)29-19-15(21)11-23-20(26-19)25-16-8-7-12(22)9-17(16)28-2/h3-11H,1,22H2,2H3,(H,24,27)(H,23,25,26). The number of hydrogen-bond acceptors (Lipinski definition) is 7. The monoisotopic (exact) mass is 411 g/mol. The molecule has 4 N–H and O–H groups in total. The van der Waals surface area contributed by atoms with E-state index in [0.717, 1.165) is 0 Å². The molecular formula is C20H18ClN5O3. The molecule has 0 radical (unpaired) electrons. The van der Waals surface area contributed by atoms with Crippen LogP contribution in [0.25, 0.3) is 0 Å². The summed E-state index contributed by atoms with van der Waals surface area (Å²) in [5.41, 5.74) is 7.51. The maximum Gasteiger partial charge on any atom is 0.247 e. The molecule has 0 fully saturated rings. The fraction of sp³-hybridized carbons (Fsp3) is 0.0500. The quantitative estimate of drug-likeness (QED) is 0.390. The van der Waals surface area contributed by atoms with Gasteiger partial charge in [0.05, 0.1) is 19.0 Å². The molecule has 29 heavy (non-hydrogen) atoms. The lowest BCUT2D eigenvalue weighted by molar-refractivity contribution is -0.111. The van der Waals surface area contributed by atoms with Gasteiger partial charge in [0.15, 0.2) is 0 Å². The molecule has 0 bridgehead atoms. The zero-order chi connectivity index (χ0) is 20.8. The molecule has 1 amide bonds. The predicted molar refractivity (Wildman–Crippen MR) is 113 cm³/mol. The minimum Gasteiger partial charge on any atom is -0.494 e. The van der Waals surface area contributed by atoms with E-state index in [2.05, 4.69) is 27.2 Å². The van der Waals surface area contributed by atoms with E-state index in [1.807, 2.05) is 0 Å². The summed E-state index contributed by atoms with van der Waals surface area (Å²) in [6, 6.07) is 11.9. The first-order valence-electron chi connectivity index (χ1n) is 8.43. The number of rotatable bonds is 7. The number of benzene rings is 2. The van der Waals surface area contributed by atoms with Gasteiger partial charge in [-0.1, -0.05) is 24.2 Å². The molecular weight excluding hydrogens is 394 g/mol. The molecule has 0 spiro atoms. The van der Waals surface area contributed by atoms with Gasteiger partial charge < -0.3 is 25.8 Å². The van der Waals surface area contributed by atoms with E-state index in [-0.39, 0.29) is 22.8 Å². The summed E-state index contributed by atoms with van der Waals surface area (Å²) in [7, 11) is 1.54. The van der Waals surface area contributed by atoms with Crippen LogP contribution in [0.1, 0.15) is 0 Å². The summed E-state index contributed by atoms with van der Waals surface area (Å²) in [6.07, 6.45) is 2.59. The smallest absolute Gasteiger partial charge is 0.247 e. The molecule has 0 atom stereocenters. The molecule has 3 aromatic rings. The van der Waals surface area contributed by atoms with Crippen LogP contribution in [-0.2, 0) is 4.79 Å². The molecule has 3 rings (SSSR count). The van der Waals surface area contributed by atoms with E-state index in [1.54, 1.807) is 42.5 Å². The van der Waals surface area contributed by atoms with Crippen molar-refractivity contribution in [1.82, 2.24) is 9.97 Å². The molecule has 2 aromatic carbocycles. The summed E-state index contributed by atoms with van der Waals surface area (Å²) in [5.74, 6) is 1.04. The van der Waals surface area contributed by atoms with Crippen molar-refractivity contribution in [2.24, 2.45) is 0 Å². The third-order valence-electron chi connectivity index (χ3n) is 3.69. The maximum absolute atomic E-state index is 11.5. The summed E-state index contributed by atoms with van der Waals surface area (Å²) < 4.78 is 11.1. The van der Waals surface area contributed by atoms with Gasteiger partial charge in [-0.3, -0.25) is 4.79 Å². The van der Waals surface area contributed by atoms with Gasteiger partial charge in [0.2, 0.25) is 17.7 Å². The number of nitrogens with two attached hydrogens (primary N) is 1. The first kappa shape index (κ1) is 20.0. The Morgan fingerprint density at radius 1 is 1.28 bits per heavy atom. The fourth-order valence-electron chi connectivity index (χ4n) is 2.36. The van der Waals surface area contributed by atoms with Crippen molar-refractivity contribution in [1.29, 1.82) is 0 Å². The summed E-state index contributed by atoms with van der Waals surface area (Å²) in [5, 5.41) is 5.92. The third-order valence-corrected chi connectivity index (χ3v) is 3.94. The summed E-state index contributed by atoms with van der Waals surface area (Å²) in [4.78, 5) is 19.9. The second-order valence-electron chi connectivity index (χ2n) is 5.75. The van der Waals surface area contributed by atoms with Gasteiger partial charge in [0.1, 0.15) is 16.5 Å². The Morgan fingerprint density at radius 3 is 2.86 bits per heavy atom. The molecule has 0 aliphatic rings. The van der Waals surface area contributed by atoms with Gasteiger partial charge in [0.25, 0.3) is 0 Å². The highest BCUT2D eigenvalue weighted by Gasteiger charge is 2.11. The van der Waals surface area contributed by atoms with E-state index < -0.39 is 0 Å². The average Bonchev–Trinajstić information content (AvgIpc) is 2.72. The third kappa shape index (κ3) is 5.14. The highest BCUT2D eigenvalue weighted by molar-refractivity contribution is 6.31. The van der Waals surface area contributed by atoms with Crippen LogP contribution in [0.2, 0.25) is 5.02 Å². The lowest BCUT2D eigenvalue weighted by atomic mass is 10.2. The Morgan fingerprint density at radius 2 is 2.10 bits per heavy atom. The van der Waals surface area contributed by atoms with Crippen molar-refractivity contribution in [3.8, 4) is 17.4 Å². The minimum absolute atomic E-state index is 0.144.